The number of carbonyl (C=O) groups is 2. The molecule has 2 amide bonds. The standard InChI is InChI=1S/C25H27ClFN5O4/c26-21-17(24(34)32-7-10-35-11-8-32)2-1-3-20(21)30-22-18(15-4-9-36-14-15)12-16(13-19(22)27)23(33)31-25-28-5-6-29-25/h1-3,12-13,15,30H,4-11,14H2,(H2,28,29,31,33). The zero-order valence-corrected chi connectivity index (χ0v) is 20.4. The van der Waals surface area contributed by atoms with Gasteiger partial charge in [-0.15, -0.1) is 0 Å². The second kappa shape index (κ2) is 10.8. The van der Waals surface area contributed by atoms with E-state index in [1.54, 1.807) is 29.2 Å². The van der Waals surface area contributed by atoms with Gasteiger partial charge < -0.3 is 30.3 Å². The van der Waals surface area contributed by atoms with Gasteiger partial charge in [-0.2, -0.15) is 4.99 Å². The Labute approximate surface area is 213 Å². The zero-order valence-electron chi connectivity index (χ0n) is 19.6. The van der Waals surface area contributed by atoms with Crippen LogP contribution >= 0.6 is 11.6 Å². The molecule has 1 unspecified atom stereocenters. The lowest BCUT2D eigenvalue weighted by molar-refractivity contribution is 0.0303. The van der Waals surface area contributed by atoms with Crippen LogP contribution in [0, 0.1) is 5.82 Å². The van der Waals surface area contributed by atoms with Crippen molar-refractivity contribution in [3.05, 3.63) is 57.9 Å². The zero-order chi connectivity index (χ0) is 25.1. The number of guanidine groups is 1. The number of morpholine rings is 1. The number of anilines is 2. The van der Waals surface area contributed by atoms with Crippen LogP contribution in [-0.4, -0.2) is 75.3 Å². The van der Waals surface area contributed by atoms with Gasteiger partial charge in [0.2, 0.25) is 0 Å². The van der Waals surface area contributed by atoms with Crippen molar-refractivity contribution in [1.82, 2.24) is 15.5 Å². The molecule has 0 bridgehead atoms. The first-order valence-electron chi connectivity index (χ1n) is 12.0. The SMILES string of the molecule is O=C(N=C1NCCN1)c1cc(F)c(Nc2cccc(C(=O)N3CCOCC3)c2Cl)c(C2CCOC2)c1. The number of nitrogens with one attached hydrogen (secondary N) is 3. The number of benzene rings is 2. The second-order valence-corrected chi connectivity index (χ2v) is 9.18. The molecule has 5 rings (SSSR count). The Bertz CT molecular complexity index is 1190. The van der Waals surface area contributed by atoms with Gasteiger partial charge in [-0.1, -0.05) is 17.7 Å². The molecule has 0 aliphatic carbocycles. The summed E-state index contributed by atoms with van der Waals surface area (Å²) in [6, 6.07) is 7.87. The van der Waals surface area contributed by atoms with Gasteiger partial charge in [0.1, 0.15) is 5.82 Å². The summed E-state index contributed by atoms with van der Waals surface area (Å²) in [5.41, 5.74) is 1.67. The number of ether oxygens (including phenoxy) is 2. The Balaban J connectivity index is 1.47. The molecule has 1 atom stereocenters. The average Bonchev–Trinajstić information content (AvgIpc) is 3.61. The monoisotopic (exact) mass is 515 g/mol. The van der Waals surface area contributed by atoms with E-state index in [4.69, 9.17) is 21.1 Å². The molecule has 36 heavy (non-hydrogen) atoms. The Morgan fingerprint density at radius 1 is 1.11 bits per heavy atom. The van der Waals surface area contributed by atoms with Crippen molar-refractivity contribution in [2.45, 2.75) is 12.3 Å². The Hall–Kier alpha value is -3.21. The van der Waals surface area contributed by atoms with Crippen molar-refractivity contribution >= 4 is 40.7 Å². The lowest BCUT2D eigenvalue weighted by atomic mass is 9.94. The summed E-state index contributed by atoms with van der Waals surface area (Å²) in [4.78, 5) is 31.5. The first kappa shape index (κ1) is 24.5. The quantitative estimate of drug-likeness (QED) is 0.562. The Morgan fingerprint density at radius 2 is 1.89 bits per heavy atom. The fourth-order valence-electron chi connectivity index (χ4n) is 4.52. The fraction of sp³-hybridized carbons (Fsp3) is 0.400. The smallest absolute Gasteiger partial charge is 0.280 e. The minimum absolute atomic E-state index is 0.109. The molecule has 2 aromatic rings. The van der Waals surface area contributed by atoms with Gasteiger partial charge in [0.05, 0.1) is 41.8 Å². The van der Waals surface area contributed by atoms with E-state index >= 15 is 4.39 Å². The molecular weight excluding hydrogens is 489 g/mol. The number of halogens is 2. The van der Waals surface area contributed by atoms with Crippen LogP contribution in [0.15, 0.2) is 35.3 Å². The maximum Gasteiger partial charge on any atom is 0.280 e. The molecule has 3 saturated heterocycles. The van der Waals surface area contributed by atoms with E-state index in [1.807, 2.05) is 0 Å². The second-order valence-electron chi connectivity index (χ2n) is 8.80. The van der Waals surface area contributed by atoms with E-state index < -0.39 is 11.7 Å². The summed E-state index contributed by atoms with van der Waals surface area (Å²) in [6.07, 6.45) is 0.687. The molecule has 3 fully saturated rings. The van der Waals surface area contributed by atoms with E-state index in [2.05, 4.69) is 20.9 Å². The maximum atomic E-state index is 15.5. The maximum absolute atomic E-state index is 15.5. The molecule has 190 valence electrons. The highest BCUT2D eigenvalue weighted by molar-refractivity contribution is 6.36. The van der Waals surface area contributed by atoms with Gasteiger partial charge in [0.25, 0.3) is 11.8 Å². The van der Waals surface area contributed by atoms with Crippen LogP contribution in [0.4, 0.5) is 15.8 Å². The molecule has 3 aliphatic rings. The lowest BCUT2D eigenvalue weighted by Crippen LogP contribution is -2.40. The van der Waals surface area contributed by atoms with E-state index in [0.29, 0.717) is 81.8 Å². The molecule has 0 aromatic heterocycles. The van der Waals surface area contributed by atoms with E-state index in [-0.39, 0.29) is 28.1 Å². The molecule has 3 heterocycles. The number of hydrogen-bond donors (Lipinski definition) is 3. The topological polar surface area (TPSA) is 104 Å². The third-order valence-corrected chi connectivity index (χ3v) is 6.85. The normalized spacial score (nSPS) is 19.6. The number of aliphatic imine (C=N–C) groups is 1. The average molecular weight is 516 g/mol. The van der Waals surface area contributed by atoms with E-state index in [0.717, 1.165) is 0 Å². The Kier molecular flexibility index (Phi) is 7.35. The van der Waals surface area contributed by atoms with E-state index in [1.165, 1.54) is 6.07 Å². The summed E-state index contributed by atoms with van der Waals surface area (Å²) < 4.78 is 26.4. The van der Waals surface area contributed by atoms with Gasteiger partial charge >= 0.3 is 0 Å². The van der Waals surface area contributed by atoms with Crippen molar-refractivity contribution in [2.75, 3.05) is 57.9 Å². The number of hydrogen-bond acceptors (Lipinski definition) is 5. The first-order chi connectivity index (χ1) is 17.5. The predicted molar refractivity (Wildman–Crippen MR) is 134 cm³/mol. The van der Waals surface area contributed by atoms with Crippen molar-refractivity contribution in [3.63, 3.8) is 0 Å². The Morgan fingerprint density at radius 3 is 2.61 bits per heavy atom. The molecule has 9 nitrogen and oxygen atoms in total. The highest BCUT2D eigenvalue weighted by Gasteiger charge is 2.27. The summed E-state index contributed by atoms with van der Waals surface area (Å²) in [5, 5.41) is 9.23. The highest BCUT2D eigenvalue weighted by Crippen LogP contribution is 2.38. The van der Waals surface area contributed by atoms with Crippen LogP contribution in [-0.2, 0) is 9.47 Å². The summed E-state index contributed by atoms with van der Waals surface area (Å²) in [7, 11) is 0. The number of rotatable bonds is 5. The van der Waals surface area contributed by atoms with Crippen molar-refractivity contribution in [2.24, 2.45) is 4.99 Å². The summed E-state index contributed by atoms with van der Waals surface area (Å²) in [5.74, 6) is -1.10. The molecule has 11 heteroatoms. The molecule has 0 radical (unpaired) electrons. The van der Waals surface area contributed by atoms with Gasteiger partial charge in [0, 0.05) is 44.3 Å². The van der Waals surface area contributed by atoms with Crippen LogP contribution in [0.5, 0.6) is 0 Å². The van der Waals surface area contributed by atoms with Crippen molar-refractivity contribution < 1.29 is 23.5 Å². The third-order valence-electron chi connectivity index (χ3n) is 6.45. The molecule has 0 spiro atoms. The van der Waals surface area contributed by atoms with Gasteiger partial charge in [-0.25, -0.2) is 4.39 Å². The lowest BCUT2D eigenvalue weighted by Gasteiger charge is -2.27. The summed E-state index contributed by atoms with van der Waals surface area (Å²) >= 11 is 6.64. The van der Waals surface area contributed by atoms with Gasteiger partial charge in [-0.05, 0) is 36.2 Å². The molecule has 3 N–H and O–H groups in total. The van der Waals surface area contributed by atoms with Crippen LogP contribution in [0.25, 0.3) is 0 Å². The molecule has 3 aliphatic heterocycles. The minimum atomic E-state index is -0.615. The minimum Gasteiger partial charge on any atom is -0.381 e. The van der Waals surface area contributed by atoms with Crippen LogP contribution in [0.2, 0.25) is 5.02 Å². The fourth-order valence-corrected chi connectivity index (χ4v) is 4.77. The summed E-state index contributed by atoms with van der Waals surface area (Å²) in [6.45, 7) is 4.21. The number of nitrogens with zero attached hydrogens (tertiary/aromatic N) is 2. The third kappa shape index (κ3) is 5.16. The van der Waals surface area contributed by atoms with Crippen molar-refractivity contribution in [3.8, 4) is 0 Å². The molecule has 0 saturated carbocycles. The largest absolute Gasteiger partial charge is 0.381 e. The van der Waals surface area contributed by atoms with Crippen LogP contribution < -0.4 is 16.0 Å². The molecule has 2 aromatic carbocycles. The first-order valence-corrected chi connectivity index (χ1v) is 12.3. The van der Waals surface area contributed by atoms with Crippen LogP contribution in [0.1, 0.15) is 38.6 Å². The highest BCUT2D eigenvalue weighted by atomic mass is 35.5. The number of carbonyl (C=O) groups excluding carboxylic acids is 2. The molecular formula is C25H27ClFN5O4. The number of amides is 2. The van der Waals surface area contributed by atoms with Crippen molar-refractivity contribution in [1.29, 1.82) is 0 Å². The van der Waals surface area contributed by atoms with Crippen LogP contribution in [0.3, 0.4) is 0 Å². The van der Waals surface area contributed by atoms with Gasteiger partial charge in [0.15, 0.2) is 5.96 Å². The van der Waals surface area contributed by atoms with Gasteiger partial charge in [-0.3, -0.25) is 9.59 Å². The van der Waals surface area contributed by atoms with E-state index in [9.17, 15) is 9.59 Å². The predicted octanol–water partition coefficient (Wildman–Crippen LogP) is 2.89.